The van der Waals surface area contributed by atoms with E-state index < -0.39 is 0 Å². The van der Waals surface area contributed by atoms with E-state index in [0.717, 1.165) is 17.8 Å². The first-order valence-corrected chi connectivity index (χ1v) is 6.02. The SMILES string of the molecule is CC(C)Cn1cnc(-c2ccc(Cl)cc2)c1N. The number of nitrogen functional groups attached to an aromatic ring is 1. The molecular weight excluding hydrogens is 234 g/mol. The number of rotatable bonds is 3. The zero-order valence-electron chi connectivity index (χ0n) is 10.0. The maximum atomic E-state index is 6.09. The zero-order chi connectivity index (χ0) is 12.4. The normalized spacial score (nSPS) is 11.1. The number of nitrogens with two attached hydrogens (primary N) is 1. The van der Waals surface area contributed by atoms with Crippen LogP contribution in [-0.4, -0.2) is 9.55 Å². The van der Waals surface area contributed by atoms with Crippen molar-refractivity contribution >= 4 is 17.4 Å². The minimum absolute atomic E-state index is 0.546. The molecule has 1 aromatic carbocycles. The Bertz CT molecular complexity index is 500. The van der Waals surface area contributed by atoms with Crippen molar-refractivity contribution in [3.8, 4) is 11.3 Å². The van der Waals surface area contributed by atoms with Crippen LogP contribution in [0, 0.1) is 5.92 Å². The highest BCUT2D eigenvalue weighted by atomic mass is 35.5. The van der Waals surface area contributed by atoms with E-state index in [-0.39, 0.29) is 0 Å². The van der Waals surface area contributed by atoms with Crippen molar-refractivity contribution in [3.05, 3.63) is 35.6 Å². The first-order valence-electron chi connectivity index (χ1n) is 5.64. The van der Waals surface area contributed by atoms with Gasteiger partial charge in [0.2, 0.25) is 0 Å². The average Bonchev–Trinajstić information content (AvgIpc) is 2.61. The van der Waals surface area contributed by atoms with Crippen molar-refractivity contribution in [2.24, 2.45) is 5.92 Å². The predicted molar refractivity (Wildman–Crippen MR) is 71.9 cm³/mol. The molecule has 0 saturated heterocycles. The molecular formula is C13H16ClN3. The maximum Gasteiger partial charge on any atom is 0.131 e. The van der Waals surface area contributed by atoms with E-state index >= 15 is 0 Å². The van der Waals surface area contributed by atoms with E-state index in [0.29, 0.717) is 16.8 Å². The lowest BCUT2D eigenvalue weighted by atomic mass is 10.1. The molecule has 0 bridgehead atoms. The molecule has 0 aliphatic rings. The van der Waals surface area contributed by atoms with Gasteiger partial charge in [0, 0.05) is 17.1 Å². The second-order valence-corrected chi connectivity index (χ2v) is 4.97. The molecule has 2 N–H and O–H groups in total. The molecule has 0 fully saturated rings. The largest absolute Gasteiger partial charge is 0.383 e. The molecule has 0 atom stereocenters. The highest BCUT2D eigenvalue weighted by Gasteiger charge is 2.10. The van der Waals surface area contributed by atoms with Gasteiger partial charge in [0.1, 0.15) is 11.5 Å². The number of hydrogen-bond acceptors (Lipinski definition) is 2. The number of aromatic nitrogens is 2. The molecule has 3 nitrogen and oxygen atoms in total. The summed E-state index contributed by atoms with van der Waals surface area (Å²) in [7, 11) is 0. The lowest BCUT2D eigenvalue weighted by Gasteiger charge is -2.08. The Hall–Kier alpha value is -1.48. The molecule has 0 aliphatic carbocycles. The quantitative estimate of drug-likeness (QED) is 0.906. The van der Waals surface area contributed by atoms with Crippen molar-refractivity contribution in [1.29, 1.82) is 0 Å². The second kappa shape index (κ2) is 4.80. The minimum atomic E-state index is 0.546. The molecule has 2 aromatic rings. The van der Waals surface area contributed by atoms with Gasteiger partial charge in [-0.1, -0.05) is 37.6 Å². The Labute approximate surface area is 106 Å². The third-order valence-electron chi connectivity index (χ3n) is 2.56. The molecule has 4 heteroatoms. The van der Waals surface area contributed by atoms with Gasteiger partial charge < -0.3 is 10.3 Å². The van der Waals surface area contributed by atoms with Gasteiger partial charge in [-0.25, -0.2) is 4.98 Å². The standard InChI is InChI=1S/C13H16ClN3/c1-9(2)7-17-8-16-12(13(17)15)10-3-5-11(14)6-4-10/h3-6,8-9H,7,15H2,1-2H3. The van der Waals surface area contributed by atoms with Gasteiger partial charge in [-0.3, -0.25) is 0 Å². The van der Waals surface area contributed by atoms with E-state index in [1.54, 1.807) is 6.33 Å². The first-order chi connectivity index (χ1) is 8.08. The van der Waals surface area contributed by atoms with Crippen LogP contribution >= 0.6 is 11.6 Å². The van der Waals surface area contributed by atoms with Gasteiger partial charge >= 0.3 is 0 Å². The Balaban J connectivity index is 2.33. The fourth-order valence-electron chi connectivity index (χ4n) is 1.76. The van der Waals surface area contributed by atoms with Gasteiger partial charge in [0.05, 0.1) is 6.33 Å². The molecule has 0 spiro atoms. The lowest BCUT2D eigenvalue weighted by molar-refractivity contribution is 0.527. The summed E-state index contributed by atoms with van der Waals surface area (Å²) in [6, 6.07) is 7.55. The summed E-state index contributed by atoms with van der Waals surface area (Å²) in [4.78, 5) is 4.36. The first kappa shape index (κ1) is 12.0. The van der Waals surface area contributed by atoms with Crippen LogP contribution in [-0.2, 0) is 6.54 Å². The van der Waals surface area contributed by atoms with Crippen LogP contribution < -0.4 is 5.73 Å². The summed E-state index contributed by atoms with van der Waals surface area (Å²) in [5, 5.41) is 0.717. The molecule has 0 unspecified atom stereocenters. The van der Waals surface area contributed by atoms with E-state index in [1.165, 1.54) is 0 Å². The number of imidazole rings is 1. The molecule has 1 heterocycles. The number of nitrogens with zero attached hydrogens (tertiary/aromatic N) is 2. The van der Waals surface area contributed by atoms with E-state index in [4.69, 9.17) is 17.3 Å². The maximum absolute atomic E-state index is 6.09. The van der Waals surface area contributed by atoms with Gasteiger partial charge in [-0.2, -0.15) is 0 Å². The molecule has 0 saturated carbocycles. The molecule has 90 valence electrons. The van der Waals surface area contributed by atoms with E-state index in [2.05, 4.69) is 18.8 Å². The summed E-state index contributed by atoms with van der Waals surface area (Å²) in [5.41, 5.74) is 7.91. The molecule has 2 rings (SSSR count). The van der Waals surface area contributed by atoms with Gasteiger partial charge in [-0.05, 0) is 18.1 Å². The van der Waals surface area contributed by atoms with E-state index in [1.807, 2.05) is 28.8 Å². The molecule has 0 amide bonds. The van der Waals surface area contributed by atoms with Crippen molar-refractivity contribution in [2.75, 3.05) is 5.73 Å². The summed E-state index contributed by atoms with van der Waals surface area (Å²) in [6.45, 7) is 5.19. The number of hydrogen-bond donors (Lipinski definition) is 1. The van der Waals surface area contributed by atoms with Gasteiger partial charge in [0.15, 0.2) is 0 Å². The van der Waals surface area contributed by atoms with Crippen LogP contribution in [0.4, 0.5) is 5.82 Å². The topological polar surface area (TPSA) is 43.8 Å². The minimum Gasteiger partial charge on any atom is -0.383 e. The summed E-state index contributed by atoms with van der Waals surface area (Å²) >= 11 is 5.86. The third kappa shape index (κ3) is 2.61. The third-order valence-corrected chi connectivity index (χ3v) is 2.81. The summed E-state index contributed by atoms with van der Waals surface area (Å²) < 4.78 is 1.98. The Morgan fingerprint density at radius 2 is 1.94 bits per heavy atom. The number of benzene rings is 1. The van der Waals surface area contributed by atoms with E-state index in [9.17, 15) is 0 Å². The predicted octanol–water partition coefficient (Wildman–Crippen LogP) is 3.44. The smallest absolute Gasteiger partial charge is 0.131 e. The average molecular weight is 250 g/mol. The monoisotopic (exact) mass is 249 g/mol. The molecule has 1 aromatic heterocycles. The number of halogens is 1. The van der Waals surface area contributed by atoms with Gasteiger partial charge in [0.25, 0.3) is 0 Å². The summed E-state index contributed by atoms with van der Waals surface area (Å²) in [6.07, 6.45) is 1.79. The molecule has 0 radical (unpaired) electrons. The second-order valence-electron chi connectivity index (χ2n) is 4.53. The van der Waals surface area contributed by atoms with Gasteiger partial charge in [-0.15, -0.1) is 0 Å². The zero-order valence-corrected chi connectivity index (χ0v) is 10.8. The molecule has 17 heavy (non-hydrogen) atoms. The Morgan fingerprint density at radius 1 is 1.29 bits per heavy atom. The fourth-order valence-corrected chi connectivity index (χ4v) is 1.89. The van der Waals surface area contributed by atoms with Crippen molar-refractivity contribution in [3.63, 3.8) is 0 Å². The molecule has 0 aliphatic heterocycles. The van der Waals surface area contributed by atoms with Crippen molar-refractivity contribution < 1.29 is 0 Å². The Kier molecular flexibility index (Phi) is 3.38. The van der Waals surface area contributed by atoms with Crippen LogP contribution in [0.1, 0.15) is 13.8 Å². The van der Waals surface area contributed by atoms with Crippen molar-refractivity contribution in [1.82, 2.24) is 9.55 Å². The van der Waals surface area contributed by atoms with Crippen LogP contribution in [0.2, 0.25) is 5.02 Å². The van der Waals surface area contributed by atoms with Crippen LogP contribution in [0.3, 0.4) is 0 Å². The fraction of sp³-hybridized carbons (Fsp3) is 0.308. The lowest BCUT2D eigenvalue weighted by Crippen LogP contribution is -2.06. The Morgan fingerprint density at radius 3 is 2.53 bits per heavy atom. The highest BCUT2D eigenvalue weighted by molar-refractivity contribution is 6.30. The highest BCUT2D eigenvalue weighted by Crippen LogP contribution is 2.25. The van der Waals surface area contributed by atoms with Crippen LogP contribution in [0.25, 0.3) is 11.3 Å². The van der Waals surface area contributed by atoms with Crippen LogP contribution in [0.15, 0.2) is 30.6 Å². The summed E-state index contributed by atoms with van der Waals surface area (Å²) in [5.74, 6) is 1.26. The van der Waals surface area contributed by atoms with Crippen LogP contribution in [0.5, 0.6) is 0 Å². The number of anilines is 1. The van der Waals surface area contributed by atoms with Crippen molar-refractivity contribution in [2.45, 2.75) is 20.4 Å².